The number of unbranched alkanes of at least 4 members (excludes halogenated alkanes) is 1. The van der Waals surface area contributed by atoms with Crippen LogP contribution in [-0.2, 0) is 0 Å². The van der Waals surface area contributed by atoms with Crippen molar-refractivity contribution in [3.63, 3.8) is 0 Å². The fraction of sp³-hybridized carbons (Fsp3) is 0.632. The van der Waals surface area contributed by atoms with Gasteiger partial charge in [-0.15, -0.1) is 24.8 Å². The number of benzene rings is 1. The molecule has 1 unspecified atom stereocenters. The van der Waals surface area contributed by atoms with Gasteiger partial charge < -0.3 is 15.5 Å². The first kappa shape index (κ1) is 26.3. The molecule has 0 radical (unpaired) electrons. The molecule has 0 saturated carbocycles. The molecule has 0 fully saturated rings. The first-order valence-corrected chi connectivity index (χ1v) is 8.69. The summed E-state index contributed by atoms with van der Waals surface area (Å²) in [5.74, 6) is 0.500. The second-order valence-corrected chi connectivity index (χ2v) is 6.75. The minimum absolute atomic E-state index is 0. The van der Waals surface area contributed by atoms with Gasteiger partial charge in [-0.25, -0.2) is 0 Å². The number of amides is 1. The number of nitrogens with zero attached hydrogens (tertiary/aromatic N) is 2. The standard InChI is InChI=1S/C19H33N3O.2ClH/c1-6-7-13-21(4)17-10-8-16(9-11-17)19(23)22(5)14-12-18(20)15(2)3;;/h8-11,15,18H,6-7,12-14,20H2,1-5H3;2*1H. The Morgan fingerprint density at radius 1 is 1.08 bits per heavy atom. The summed E-state index contributed by atoms with van der Waals surface area (Å²) in [5.41, 5.74) is 7.94. The second-order valence-electron chi connectivity index (χ2n) is 6.75. The van der Waals surface area contributed by atoms with Crippen molar-refractivity contribution in [2.45, 2.75) is 46.1 Å². The highest BCUT2D eigenvalue weighted by atomic mass is 35.5. The van der Waals surface area contributed by atoms with Gasteiger partial charge >= 0.3 is 0 Å². The predicted octanol–water partition coefficient (Wildman–Crippen LogP) is 4.21. The Bertz CT molecular complexity index is 480. The number of nitrogens with two attached hydrogens (primary N) is 1. The van der Waals surface area contributed by atoms with Gasteiger partial charge in [-0.1, -0.05) is 27.2 Å². The van der Waals surface area contributed by atoms with E-state index >= 15 is 0 Å². The van der Waals surface area contributed by atoms with Crippen LogP contribution in [0, 0.1) is 5.92 Å². The lowest BCUT2D eigenvalue weighted by molar-refractivity contribution is 0.0789. The summed E-state index contributed by atoms with van der Waals surface area (Å²) in [7, 11) is 3.93. The minimum Gasteiger partial charge on any atom is -0.375 e. The molecule has 0 aliphatic rings. The van der Waals surface area contributed by atoms with Gasteiger partial charge in [0.05, 0.1) is 0 Å². The van der Waals surface area contributed by atoms with Crippen LogP contribution >= 0.6 is 24.8 Å². The monoisotopic (exact) mass is 391 g/mol. The zero-order valence-corrected chi connectivity index (χ0v) is 17.8. The molecule has 6 heteroatoms. The van der Waals surface area contributed by atoms with Crippen molar-refractivity contribution in [3.8, 4) is 0 Å². The van der Waals surface area contributed by atoms with Gasteiger partial charge in [0.1, 0.15) is 0 Å². The largest absolute Gasteiger partial charge is 0.375 e. The highest BCUT2D eigenvalue weighted by molar-refractivity contribution is 5.94. The molecule has 0 aromatic heterocycles. The van der Waals surface area contributed by atoms with E-state index in [2.05, 4.69) is 32.7 Å². The lowest BCUT2D eigenvalue weighted by Crippen LogP contribution is -2.34. The predicted molar refractivity (Wildman–Crippen MR) is 114 cm³/mol. The molecule has 146 valence electrons. The van der Waals surface area contributed by atoms with E-state index in [9.17, 15) is 4.79 Å². The number of carbonyl (C=O) groups is 1. The van der Waals surface area contributed by atoms with E-state index in [0.29, 0.717) is 12.5 Å². The van der Waals surface area contributed by atoms with Gasteiger partial charge in [-0.2, -0.15) is 0 Å². The van der Waals surface area contributed by atoms with Gasteiger partial charge in [0.15, 0.2) is 0 Å². The molecule has 1 amide bonds. The molecule has 0 spiro atoms. The van der Waals surface area contributed by atoms with Crippen molar-refractivity contribution in [2.75, 3.05) is 32.1 Å². The number of halogens is 2. The third-order valence-corrected chi connectivity index (χ3v) is 4.40. The van der Waals surface area contributed by atoms with Crippen LogP contribution in [0.4, 0.5) is 5.69 Å². The number of carbonyl (C=O) groups excluding carboxylic acids is 1. The SMILES string of the molecule is CCCCN(C)c1ccc(C(=O)N(C)CCC(N)C(C)C)cc1.Cl.Cl. The second kappa shape index (κ2) is 13.3. The maximum atomic E-state index is 12.5. The maximum absolute atomic E-state index is 12.5. The Morgan fingerprint density at radius 3 is 2.12 bits per heavy atom. The lowest BCUT2D eigenvalue weighted by atomic mass is 10.0. The molecule has 0 aliphatic carbocycles. The van der Waals surface area contributed by atoms with E-state index in [0.717, 1.165) is 24.2 Å². The summed E-state index contributed by atoms with van der Waals surface area (Å²) in [6.45, 7) is 8.14. The molecule has 1 atom stereocenters. The molecule has 4 nitrogen and oxygen atoms in total. The van der Waals surface area contributed by atoms with Crippen LogP contribution in [0.2, 0.25) is 0 Å². The van der Waals surface area contributed by atoms with E-state index in [-0.39, 0.29) is 36.8 Å². The Balaban J connectivity index is 0. The molecule has 1 aromatic rings. The number of rotatable bonds is 9. The molecule has 0 heterocycles. The summed E-state index contributed by atoms with van der Waals surface area (Å²) in [5, 5.41) is 0. The van der Waals surface area contributed by atoms with Crippen LogP contribution in [0.25, 0.3) is 0 Å². The Labute approximate surface area is 166 Å². The van der Waals surface area contributed by atoms with Crippen LogP contribution < -0.4 is 10.6 Å². The van der Waals surface area contributed by atoms with Crippen molar-refractivity contribution in [3.05, 3.63) is 29.8 Å². The number of hydrogen-bond donors (Lipinski definition) is 1. The van der Waals surface area contributed by atoms with Crippen molar-refractivity contribution in [2.24, 2.45) is 11.7 Å². The summed E-state index contributed by atoms with van der Waals surface area (Å²) in [6, 6.07) is 8.02. The van der Waals surface area contributed by atoms with E-state index in [1.807, 2.05) is 31.3 Å². The topological polar surface area (TPSA) is 49.6 Å². The molecule has 0 bridgehead atoms. The summed E-state index contributed by atoms with van der Waals surface area (Å²) in [4.78, 5) is 16.4. The fourth-order valence-corrected chi connectivity index (χ4v) is 2.38. The highest BCUT2D eigenvalue weighted by Crippen LogP contribution is 2.16. The molecule has 0 saturated heterocycles. The van der Waals surface area contributed by atoms with E-state index in [1.54, 1.807) is 4.90 Å². The molecule has 1 rings (SSSR count). The highest BCUT2D eigenvalue weighted by Gasteiger charge is 2.14. The smallest absolute Gasteiger partial charge is 0.253 e. The van der Waals surface area contributed by atoms with E-state index in [1.165, 1.54) is 12.8 Å². The van der Waals surface area contributed by atoms with Crippen molar-refractivity contribution in [1.82, 2.24) is 4.90 Å². The van der Waals surface area contributed by atoms with Crippen molar-refractivity contribution in [1.29, 1.82) is 0 Å². The summed E-state index contributed by atoms with van der Waals surface area (Å²) < 4.78 is 0. The fourth-order valence-electron chi connectivity index (χ4n) is 2.38. The van der Waals surface area contributed by atoms with Crippen LogP contribution in [0.3, 0.4) is 0 Å². The molecule has 2 N–H and O–H groups in total. The minimum atomic E-state index is 0. The molecule has 25 heavy (non-hydrogen) atoms. The summed E-state index contributed by atoms with van der Waals surface area (Å²) >= 11 is 0. The van der Waals surface area contributed by atoms with Crippen LogP contribution in [0.1, 0.15) is 50.4 Å². The first-order valence-electron chi connectivity index (χ1n) is 8.69. The number of anilines is 1. The van der Waals surface area contributed by atoms with Gasteiger partial charge in [0, 0.05) is 44.5 Å². The Morgan fingerprint density at radius 2 is 1.64 bits per heavy atom. The summed E-state index contributed by atoms with van der Waals surface area (Å²) in [6.07, 6.45) is 3.19. The first-order chi connectivity index (χ1) is 10.9. The van der Waals surface area contributed by atoms with Crippen LogP contribution in [0.5, 0.6) is 0 Å². The third kappa shape index (κ3) is 8.80. The average molecular weight is 392 g/mol. The van der Waals surface area contributed by atoms with E-state index < -0.39 is 0 Å². The Hall–Kier alpha value is -0.970. The van der Waals surface area contributed by atoms with E-state index in [4.69, 9.17) is 5.73 Å². The van der Waals surface area contributed by atoms with Crippen molar-refractivity contribution < 1.29 is 4.79 Å². The third-order valence-electron chi connectivity index (χ3n) is 4.40. The van der Waals surface area contributed by atoms with Gasteiger partial charge in [0.2, 0.25) is 0 Å². The molecular formula is C19H35Cl2N3O. The van der Waals surface area contributed by atoms with Gasteiger partial charge in [-0.3, -0.25) is 4.79 Å². The Kier molecular flexibility index (Phi) is 13.9. The molecule has 1 aromatic carbocycles. The number of hydrogen-bond acceptors (Lipinski definition) is 3. The maximum Gasteiger partial charge on any atom is 0.253 e. The zero-order chi connectivity index (χ0) is 17.4. The lowest BCUT2D eigenvalue weighted by Gasteiger charge is -2.22. The van der Waals surface area contributed by atoms with Crippen molar-refractivity contribution >= 4 is 36.4 Å². The van der Waals surface area contributed by atoms with Gasteiger partial charge in [-0.05, 0) is 43.0 Å². The molecule has 0 aliphatic heterocycles. The zero-order valence-electron chi connectivity index (χ0n) is 16.2. The quantitative estimate of drug-likeness (QED) is 0.685. The molecular weight excluding hydrogens is 357 g/mol. The normalized spacial score (nSPS) is 11.3. The average Bonchev–Trinajstić information content (AvgIpc) is 2.56. The van der Waals surface area contributed by atoms with Crippen LogP contribution in [0.15, 0.2) is 24.3 Å². The van der Waals surface area contributed by atoms with Gasteiger partial charge in [0.25, 0.3) is 5.91 Å². The van der Waals surface area contributed by atoms with Crippen LogP contribution in [-0.4, -0.2) is 44.0 Å².